The second-order valence-electron chi connectivity index (χ2n) is 4.21. The zero-order chi connectivity index (χ0) is 15.6. The van der Waals surface area contributed by atoms with Crippen molar-refractivity contribution in [2.45, 2.75) is 20.0 Å². The van der Waals surface area contributed by atoms with Crippen LogP contribution >= 0.6 is 0 Å². The van der Waals surface area contributed by atoms with Crippen molar-refractivity contribution in [3.8, 4) is 11.3 Å². The molecule has 2 aromatic rings. The lowest BCUT2D eigenvalue weighted by molar-refractivity contribution is -0.137. The number of carbonyl (C=O) groups excluding carboxylic acids is 1. The average molecular weight is 299 g/mol. The van der Waals surface area contributed by atoms with Crippen LogP contribution in [0.25, 0.3) is 11.3 Å². The van der Waals surface area contributed by atoms with E-state index in [-0.39, 0.29) is 29.5 Å². The van der Waals surface area contributed by atoms with Crippen LogP contribution in [0.4, 0.5) is 13.2 Å². The van der Waals surface area contributed by atoms with Gasteiger partial charge in [0.25, 0.3) is 0 Å². The molecule has 0 aliphatic heterocycles. The van der Waals surface area contributed by atoms with Gasteiger partial charge in [0.05, 0.1) is 12.2 Å². The van der Waals surface area contributed by atoms with Crippen molar-refractivity contribution in [3.63, 3.8) is 0 Å². The Morgan fingerprint density at radius 3 is 2.71 bits per heavy atom. The first-order valence-corrected chi connectivity index (χ1v) is 6.15. The minimum atomic E-state index is -4.48. The van der Waals surface area contributed by atoms with Crippen LogP contribution in [0.2, 0.25) is 0 Å². The van der Waals surface area contributed by atoms with Gasteiger partial charge in [-0.2, -0.15) is 13.2 Å². The molecule has 0 saturated heterocycles. The van der Waals surface area contributed by atoms with Crippen LogP contribution in [0.1, 0.15) is 28.9 Å². The fourth-order valence-electron chi connectivity index (χ4n) is 1.80. The van der Waals surface area contributed by atoms with Crippen LogP contribution in [0.15, 0.2) is 28.7 Å². The number of benzene rings is 1. The van der Waals surface area contributed by atoms with E-state index >= 15 is 0 Å². The van der Waals surface area contributed by atoms with Gasteiger partial charge in [0.15, 0.2) is 17.3 Å². The number of hydrogen-bond acceptors (Lipinski definition) is 4. The highest BCUT2D eigenvalue weighted by atomic mass is 19.4. The van der Waals surface area contributed by atoms with Gasteiger partial charge in [0.2, 0.25) is 0 Å². The van der Waals surface area contributed by atoms with Crippen molar-refractivity contribution in [2.75, 3.05) is 6.61 Å². The Morgan fingerprint density at radius 1 is 1.38 bits per heavy atom. The van der Waals surface area contributed by atoms with Crippen LogP contribution in [-0.2, 0) is 10.9 Å². The summed E-state index contributed by atoms with van der Waals surface area (Å²) in [4.78, 5) is 15.6. The fraction of sp³-hybridized carbons (Fsp3) is 0.286. The monoisotopic (exact) mass is 299 g/mol. The molecule has 7 heteroatoms. The van der Waals surface area contributed by atoms with Crippen molar-refractivity contribution >= 4 is 5.97 Å². The average Bonchev–Trinajstić information content (AvgIpc) is 2.80. The molecule has 21 heavy (non-hydrogen) atoms. The van der Waals surface area contributed by atoms with E-state index in [4.69, 9.17) is 9.15 Å². The zero-order valence-electron chi connectivity index (χ0n) is 11.3. The highest BCUT2D eigenvalue weighted by Crippen LogP contribution is 2.33. The van der Waals surface area contributed by atoms with Gasteiger partial charge in [-0.25, -0.2) is 9.78 Å². The number of carbonyl (C=O) groups is 1. The summed E-state index contributed by atoms with van der Waals surface area (Å²) in [6.45, 7) is 3.25. The maximum Gasteiger partial charge on any atom is 0.416 e. The molecule has 4 nitrogen and oxygen atoms in total. The van der Waals surface area contributed by atoms with E-state index in [1.807, 2.05) is 0 Å². The number of aromatic nitrogens is 1. The van der Waals surface area contributed by atoms with E-state index in [1.54, 1.807) is 6.92 Å². The molecular formula is C14H12F3NO3. The third-order valence-corrected chi connectivity index (χ3v) is 2.65. The molecule has 0 unspecified atom stereocenters. The van der Waals surface area contributed by atoms with Gasteiger partial charge >= 0.3 is 12.1 Å². The third-order valence-electron chi connectivity index (χ3n) is 2.65. The number of ether oxygens (including phenoxy) is 1. The normalized spacial score (nSPS) is 11.5. The molecule has 0 saturated carbocycles. The largest absolute Gasteiger partial charge is 0.461 e. The summed E-state index contributed by atoms with van der Waals surface area (Å²) >= 11 is 0. The molecule has 0 amide bonds. The highest BCUT2D eigenvalue weighted by Gasteiger charge is 2.31. The molecule has 0 N–H and O–H groups in total. The summed E-state index contributed by atoms with van der Waals surface area (Å²) in [7, 11) is 0. The molecule has 0 radical (unpaired) electrons. The van der Waals surface area contributed by atoms with Crippen LogP contribution in [0.5, 0.6) is 0 Å². The lowest BCUT2D eigenvalue weighted by Crippen LogP contribution is -2.07. The number of oxazole rings is 1. The van der Waals surface area contributed by atoms with Crippen molar-refractivity contribution in [1.82, 2.24) is 4.98 Å². The van der Waals surface area contributed by atoms with Gasteiger partial charge in [-0.1, -0.05) is 12.1 Å². The van der Waals surface area contributed by atoms with Gasteiger partial charge in [0, 0.05) is 12.5 Å². The summed E-state index contributed by atoms with van der Waals surface area (Å²) < 4.78 is 48.3. The SMILES string of the molecule is CCOC(=O)c1nc(C)oc1-c1cccc(C(F)(F)F)c1. The Labute approximate surface area is 118 Å². The van der Waals surface area contributed by atoms with Crippen molar-refractivity contribution in [2.24, 2.45) is 0 Å². The molecule has 0 fully saturated rings. The molecular weight excluding hydrogens is 287 g/mol. The van der Waals surface area contributed by atoms with Crippen molar-refractivity contribution in [3.05, 3.63) is 41.4 Å². The number of rotatable bonds is 3. The summed E-state index contributed by atoms with van der Waals surface area (Å²) in [6, 6.07) is 4.50. The van der Waals surface area contributed by atoms with E-state index in [9.17, 15) is 18.0 Å². The maximum absolute atomic E-state index is 12.7. The second kappa shape index (κ2) is 5.59. The zero-order valence-corrected chi connectivity index (χ0v) is 11.3. The molecule has 1 aromatic heterocycles. The molecule has 2 rings (SSSR count). The Hall–Kier alpha value is -2.31. The molecule has 0 aliphatic carbocycles. The lowest BCUT2D eigenvalue weighted by atomic mass is 10.1. The standard InChI is InChI=1S/C14H12F3NO3/c1-3-20-13(19)11-12(21-8(2)18-11)9-5-4-6-10(7-9)14(15,16)17/h4-7H,3H2,1-2H3. The highest BCUT2D eigenvalue weighted by molar-refractivity contribution is 5.93. The van der Waals surface area contributed by atoms with Crippen molar-refractivity contribution < 1.29 is 27.1 Å². The van der Waals surface area contributed by atoms with E-state index < -0.39 is 17.7 Å². The molecule has 1 aromatic carbocycles. The Morgan fingerprint density at radius 2 is 2.10 bits per heavy atom. The first kappa shape index (κ1) is 15.1. The predicted octanol–water partition coefficient (Wildman–Crippen LogP) is 3.85. The summed E-state index contributed by atoms with van der Waals surface area (Å²) in [5.74, 6) is -0.593. The van der Waals surface area contributed by atoms with Crippen LogP contribution in [-0.4, -0.2) is 17.6 Å². The van der Waals surface area contributed by atoms with Crippen molar-refractivity contribution in [1.29, 1.82) is 0 Å². The number of aryl methyl sites for hydroxylation is 1. The molecule has 0 aliphatic rings. The Balaban J connectivity index is 2.50. The summed E-state index contributed by atoms with van der Waals surface area (Å²) in [5, 5.41) is 0. The topological polar surface area (TPSA) is 52.3 Å². The first-order chi connectivity index (χ1) is 9.82. The smallest absolute Gasteiger partial charge is 0.416 e. The Bertz CT molecular complexity index is 662. The molecule has 0 atom stereocenters. The minimum absolute atomic E-state index is 0.0305. The second-order valence-corrected chi connectivity index (χ2v) is 4.21. The van der Waals surface area contributed by atoms with E-state index in [0.717, 1.165) is 12.1 Å². The van der Waals surface area contributed by atoms with Crippen LogP contribution in [0, 0.1) is 6.92 Å². The third kappa shape index (κ3) is 3.24. The van der Waals surface area contributed by atoms with Gasteiger partial charge in [-0.3, -0.25) is 0 Å². The number of alkyl halides is 3. The van der Waals surface area contributed by atoms with E-state index in [2.05, 4.69) is 4.98 Å². The molecule has 112 valence electrons. The van der Waals surface area contributed by atoms with Crippen LogP contribution in [0.3, 0.4) is 0 Å². The van der Waals surface area contributed by atoms with E-state index in [0.29, 0.717) is 0 Å². The Kier molecular flexibility index (Phi) is 4.02. The number of nitrogens with zero attached hydrogens (tertiary/aromatic N) is 1. The van der Waals surface area contributed by atoms with Gasteiger partial charge in [-0.15, -0.1) is 0 Å². The quantitative estimate of drug-likeness (QED) is 0.808. The van der Waals surface area contributed by atoms with E-state index in [1.165, 1.54) is 19.1 Å². The summed E-state index contributed by atoms with van der Waals surface area (Å²) in [5.41, 5.74) is -0.842. The summed E-state index contributed by atoms with van der Waals surface area (Å²) in [6.07, 6.45) is -4.48. The molecule has 0 bridgehead atoms. The number of hydrogen-bond donors (Lipinski definition) is 0. The first-order valence-electron chi connectivity index (χ1n) is 6.15. The lowest BCUT2D eigenvalue weighted by Gasteiger charge is -2.08. The predicted molar refractivity (Wildman–Crippen MR) is 67.6 cm³/mol. The minimum Gasteiger partial charge on any atom is -0.461 e. The van der Waals surface area contributed by atoms with Gasteiger partial charge in [-0.05, 0) is 19.1 Å². The van der Waals surface area contributed by atoms with Crippen LogP contribution < -0.4 is 0 Å². The van der Waals surface area contributed by atoms with Gasteiger partial charge < -0.3 is 9.15 Å². The molecule has 1 heterocycles. The van der Waals surface area contributed by atoms with Gasteiger partial charge in [0.1, 0.15) is 0 Å². The number of halogens is 3. The fourth-order valence-corrected chi connectivity index (χ4v) is 1.80. The molecule has 0 spiro atoms. The maximum atomic E-state index is 12.7. The number of esters is 1.